The molecule has 3 rings (SSSR count). The van der Waals surface area contributed by atoms with Gasteiger partial charge in [0, 0.05) is 23.7 Å². The van der Waals surface area contributed by atoms with Crippen LogP contribution < -0.4 is 10.6 Å². The van der Waals surface area contributed by atoms with E-state index in [1.807, 2.05) is 62.4 Å². The van der Waals surface area contributed by atoms with Crippen LogP contribution >= 0.6 is 0 Å². The third-order valence-electron chi connectivity index (χ3n) is 6.63. The highest BCUT2D eigenvalue weighted by molar-refractivity contribution is 5.97. The number of anilines is 2. The average molecular weight is 518 g/mol. The van der Waals surface area contributed by atoms with Gasteiger partial charge in [0.25, 0.3) is 0 Å². The number of hydrogen-bond acceptors (Lipinski definition) is 3. The molecule has 3 aromatic rings. The van der Waals surface area contributed by atoms with Crippen LogP contribution in [0.5, 0.6) is 0 Å². The normalized spacial score (nSPS) is 11.7. The summed E-state index contributed by atoms with van der Waals surface area (Å²) in [5.41, 5.74) is 5.69. The fraction of sp³-hybridized carbons (Fsp3) is 0.452. The second kappa shape index (κ2) is 11.8. The first-order chi connectivity index (χ1) is 17.8. The lowest BCUT2D eigenvalue weighted by Crippen LogP contribution is -2.41. The van der Waals surface area contributed by atoms with Gasteiger partial charge in [-0.1, -0.05) is 84.4 Å². The molecule has 0 unspecified atom stereocenters. The maximum atomic E-state index is 13.4. The van der Waals surface area contributed by atoms with E-state index in [1.54, 1.807) is 4.68 Å². The Balaban J connectivity index is 1.83. The lowest BCUT2D eigenvalue weighted by atomic mass is 9.92. The number of nitrogens with one attached hydrogen (secondary N) is 2. The Kier molecular flexibility index (Phi) is 9.02. The quantitative estimate of drug-likeness (QED) is 0.331. The fourth-order valence-corrected chi connectivity index (χ4v) is 4.28. The van der Waals surface area contributed by atoms with Crippen molar-refractivity contribution in [3.05, 3.63) is 70.9 Å². The summed E-state index contributed by atoms with van der Waals surface area (Å²) >= 11 is 0. The Morgan fingerprint density at radius 3 is 2.03 bits per heavy atom. The van der Waals surface area contributed by atoms with Crippen molar-refractivity contribution >= 4 is 23.4 Å². The highest BCUT2D eigenvalue weighted by atomic mass is 16.2. The van der Waals surface area contributed by atoms with Crippen LogP contribution in [0.25, 0.3) is 5.69 Å². The van der Waals surface area contributed by atoms with E-state index in [1.165, 1.54) is 4.90 Å². The minimum absolute atomic E-state index is 0.0763. The van der Waals surface area contributed by atoms with Crippen molar-refractivity contribution in [3.63, 3.8) is 0 Å². The number of likely N-dealkylation sites (N-methyl/N-ethyl adjacent to an activating group) is 1. The number of carbonyl (C=O) groups excluding carboxylic acids is 2. The lowest BCUT2D eigenvalue weighted by Gasteiger charge is -2.25. The summed E-state index contributed by atoms with van der Waals surface area (Å²) < 4.78 is 1.75. The van der Waals surface area contributed by atoms with E-state index in [9.17, 15) is 9.59 Å². The van der Waals surface area contributed by atoms with Crippen molar-refractivity contribution in [2.45, 2.75) is 79.6 Å². The summed E-state index contributed by atoms with van der Waals surface area (Å²) in [4.78, 5) is 28.1. The Morgan fingerprint density at radius 2 is 1.53 bits per heavy atom. The molecular formula is C31H43N5O2. The van der Waals surface area contributed by atoms with E-state index < -0.39 is 0 Å². The second-order valence-corrected chi connectivity index (χ2v) is 11.5. The molecule has 0 bridgehead atoms. The third-order valence-corrected chi connectivity index (χ3v) is 6.63. The van der Waals surface area contributed by atoms with E-state index in [2.05, 4.69) is 59.1 Å². The monoisotopic (exact) mass is 517 g/mol. The number of aromatic nitrogens is 2. The molecular weight excluding hydrogens is 474 g/mol. The number of urea groups is 1. The van der Waals surface area contributed by atoms with E-state index in [4.69, 9.17) is 5.10 Å². The summed E-state index contributed by atoms with van der Waals surface area (Å²) in [5, 5.41) is 10.9. The standard InChI is InChI=1S/C31H43N5O2/c1-10-35(30(38)33-29-24(20(2)3)12-11-13-25(29)21(4)5)19-28(37)32-27-18-26(31(7,8)9)34-36(27)23-16-14-22(6)15-17-23/h11-18,20-21H,10,19H2,1-9H3,(H,32,37)(H,33,38). The molecule has 204 valence electrons. The predicted molar refractivity (Wildman–Crippen MR) is 157 cm³/mol. The van der Waals surface area contributed by atoms with Crippen LogP contribution in [0.15, 0.2) is 48.5 Å². The van der Waals surface area contributed by atoms with Gasteiger partial charge in [0.2, 0.25) is 5.91 Å². The molecule has 7 heteroatoms. The third kappa shape index (κ3) is 6.82. The van der Waals surface area contributed by atoms with Gasteiger partial charge in [-0.25, -0.2) is 9.48 Å². The van der Waals surface area contributed by atoms with Crippen LogP contribution in [0.3, 0.4) is 0 Å². The summed E-state index contributed by atoms with van der Waals surface area (Å²) in [6.45, 7) is 18.9. The van der Waals surface area contributed by atoms with Crippen molar-refractivity contribution in [2.75, 3.05) is 23.7 Å². The highest BCUT2D eigenvalue weighted by Crippen LogP contribution is 2.32. The van der Waals surface area contributed by atoms with E-state index in [0.29, 0.717) is 12.4 Å². The number of hydrogen-bond donors (Lipinski definition) is 2. The van der Waals surface area contributed by atoms with Gasteiger partial charge in [0.15, 0.2) is 0 Å². The first-order valence-corrected chi connectivity index (χ1v) is 13.5. The van der Waals surface area contributed by atoms with Gasteiger partial charge < -0.3 is 15.5 Å². The van der Waals surface area contributed by atoms with E-state index in [0.717, 1.165) is 33.8 Å². The van der Waals surface area contributed by atoms with Crippen molar-refractivity contribution in [1.29, 1.82) is 0 Å². The molecule has 0 spiro atoms. The van der Waals surface area contributed by atoms with E-state index >= 15 is 0 Å². The zero-order valence-corrected chi connectivity index (χ0v) is 24.3. The second-order valence-electron chi connectivity index (χ2n) is 11.5. The molecule has 38 heavy (non-hydrogen) atoms. The maximum absolute atomic E-state index is 13.4. The molecule has 0 atom stereocenters. The number of aryl methyl sites for hydroxylation is 1. The van der Waals surface area contributed by atoms with E-state index in [-0.39, 0.29) is 35.7 Å². The molecule has 1 aromatic heterocycles. The number of nitrogens with zero attached hydrogens (tertiary/aromatic N) is 3. The molecule has 0 aliphatic carbocycles. The van der Waals surface area contributed by atoms with Crippen LogP contribution in [-0.4, -0.2) is 39.7 Å². The first-order valence-electron chi connectivity index (χ1n) is 13.5. The van der Waals surface area contributed by atoms with Crippen molar-refractivity contribution in [1.82, 2.24) is 14.7 Å². The van der Waals surface area contributed by atoms with Crippen molar-refractivity contribution in [3.8, 4) is 5.69 Å². The Bertz CT molecular complexity index is 1240. The van der Waals surface area contributed by atoms with Gasteiger partial charge in [0.1, 0.15) is 12.4 Å². The van der Waals surface area contributed by atoms with Crippen LogP contribution in [-0.2, 0) is 10.2 Å². The molecule has 0 saturated heterocycles. The number of para-hydroxylation sites is 1. The minimum Gasteiger partial charge on any atom is -0.315 e. The fourth-order valence-electron chi connectivity index (χ4n) is 4.28. The Morgan fingerprint density at radius 1 is 0.947 bits per heavy atom. The SMILES string of the molecule is CCN(CC(=O)Nc1cc(C(C)(C)C)nn1-c1ccc(C)cc1)C(=O)Nc1c(C(C)C)cccc1C(C)C. The van der Waals surface area contributed by atoms with Gasteiger partial charge in [-0.05, 0) is 48.9 Å². The largest absolute Gasteiger partial charge is 0.322 e. The van der Waals surface area contributed by atoms with Crippen molar-refractivity contribution < 1.29 is 9.59 Å². The molecule has 0 aliphatic rings. The Labute approximate surface area is 227 Å². The summed E-state index contributed by atoms with van der Waals surface area (Å²) in [6.07, 6.45) is 0. The average Bonchev–Trinajstić information content (AvgIpc) is 3.27. The summed E-state index contributed by atoms with van der Waals surface area (Å²) in [5.74, 6) is 0.798. The van der Waals surface area contributed by atoms with Gasteiger partial charge in [-0.15, -0.1) is 0 Å². The number of rotatable bonds is 8. The predicted octanol–water partition coefficient (Wildman–Crippen LogP) is 7.22. The number of amides is 3. The smallest absolute Gasteiger partial charge is 0.315 e. The molecule has 7 nitrogen and oxygen atoms in total. The molecule has 0 aliphatic heterocycles. The molecule has 0 saturated carbocycles. The first kappa shape index (κ1) is 29.0. The van der Waals surface area contributed by atoms with Crippen LogP contribution in [0.4, 0.5) is 16.3 Å². The molecule has 1 heterocycles. The Hall–Kier alpha value is -3.61. The van der Waals surface area contributed by atoms with Crippen LogP contribution in [0.1, 0.15) is 89.6 Å². The lowest BCUT2D eigenvalue weighted by molar-refractivity contribution is -0.116. The van der Waals surface area contributed by atoms with Crippen molar-refractivity contribution in [2.24, 2.45) is 0 Å². The number of benzene rings is 2. The van der Waals surface area contributed by atoms with Crippen LogP contribution in [0, 0.1) is 6.92 Å². The van der Waals surface area contributed by atoms with Gasteiger partial charge in [-0.3, -0.25) is 4.79 Å². The maximum Gasteiger partial charge on any atom is 0.322 e. The molecule has 2 aromatic carbocycles. The van der Waals surface area contributed by atoms with Crippen LogP contribution in [0.2, 0.25) is 0 Å². The van der Waals surface area contributed by atoms with Gasteiger partial charge >= 0.3 is 6.03 Å². The van der Waals surface area contributed by atoms with Gasteiger partial charge in [-0.2, -0.15) is 5.10 Å². The summed E-state index contributed by atoms with van der Waals surface area (Å²) in [7, 11) is 0. The topological polar surface area (TPSA) is 79.3 Å². The minimum atomic E-state index is -0.292. The summed E-state index contributed by atoms with van der Waals surface area (Å²) in [6, 6.07) is 15.7. The molecule has 0 fully saturated rings. The molecule has 2 N–H and O–H groups in total. The number of carbonyl (C=O) groups is 2. The van der Waals surface area contributed by atoms with Gasteiger partial charge in [0.05, 0.1) is 11.4 Å². The highest BCUT2D eigenvalue weighted by Gasteiger charge is 2.24. The molecule has 3 amide bonds. The zero-order chi connectivity index (χ0) is 28.2. The zero-order valence-electron chi connectivity index (χ0n) is 24.3. The molecule has 0 radical (unpaired) electrons.